The molecular weight excluding hydrogens is 455 g/mol. The van der Waals surface area contributed by atoms with E-state index in [0.29, 0.717) is 60.3 Å². The molecule has 0 aliphatic carbocycles. The predicted octanol–water partition coefficient (Wildman–Crippen LogP) is 4.80. The first-order valence-electron chi connectivity index (χ1n) is 12.0. The lowest BCUT2D eigenvalue weighted by Gasteiger charge is -2.33. The van der Waals surface area contributed by atoms with Crippen molar-refractivity contribution in [1.29, 1.82) is 0 Å². The second-order valence-electron chi connectivity index (χ2n) is 9.20. The summed E-state index contributed by atoms with van der Waals surface area (Å²) >= 11 is 0. The van der Waals surface area contributed by atoms with Crippen molar-refractivity contribution in [3.63, 3.8) is 0 Å². The van der Waals surface area contributed by atoms with Gasteiger partial charge in [-0.25, -0.2) is 9.18 Å². The van der Waals surface area contributed by atoms with Gasteiger partial charge in [0.2, 0.25) is 5.60 Å². The van der Waals surface area contributed by atoms with Crippen LogP contribution in [0.2, 0.25) is 0 Å². The minimum Gasteiger partial charge on any atom is -0.496 e. The summed E-state index contributed by atoms with van der Waals surface area (Å²) in [6.45, 7) is 3.88. The van der Waals surface area contributed by atoms with Crippen LogP contribution >= 0.6 is 0 Å². The van der Waals surface area contributed by atoms with Gasteiger partial charge in [-0.2, -0.15) is 0 Å². The van der Waals surface area contributed by atoms with E-state index in [1.54, 1.807) is 32.2 Å². The zero-order valence-electron chi connectivity index (χ0n) is 20.5. The number of benzene rings is 2. The summed E-state index contributed by atoms with van der Waals surface area (Å²) in [5.74, 6) is 0.0786. The van der Waals surface area contributed by atoms with Crippen molar-refractivity contribution in [2.45, 2.75) is 44.6 Å². The van der Waals surface area contributed by atoms with E-state index in [2.05, 4.69) is 0 Å². The van der Waals surface area contributed by atoms with Gasteiger partial charge >= 0.3 is 5.97 Å². The summed E-state index contributed by atoms with van der Waals surface area (Å²) in [6.07, 6.45) is 3.06. The van der Waals surface area contributed by atoms with Gasteiger partial charge in [0.25, 0.3) is 0 Å². The summed E-state index contributed by atoms with van der Waals surface area (Å²) in [4.78, 5) is 12.1. The number of aliphatic carboxylic acids is 1. The molecule has 0 unspecified atom stereocenters. The number of aryl methyl sites for hydroxylation is 1. The fourth-order valence-corrected chi connectivity index (χ4v) is 4.91. The Kier molecular flexibility index (Phi) is 7.82. The molecule has 2 fully saturated rings. The van der Waals surface area contributed by atoms with E-state index >= 15 is 4.39 Å². The molecule has 0 amide bonds. The largest absolute Gasteiger partial charge is 0.496 e. The lowest BCUT2D eigenvalue weighted by atomic mass is 9.91. The van der Waals surface area contributed by atoms with E-state index in [1.165, 1.54) is 7.11 Å². The maximum atomic E-state index is 15.6. The standard InChI is InChI=1S/C27H33FO7/c1-17-23(31-2)15-22(24(28)25(17)32-3)21-7-6-20(14-19(21)5-4-18-8-11-34-16-18)35-27(26(29)30)9-12-33-13-10-27/h6-7,14-15,18H,4-5,8-13,16H2,1-3H3,(H,29,30)/t18-/m1/s1. The summed E-state index contributed by atoms with van der Waals surface area (Å²) in [5.41, 5.74) is 1.18. The maximum Gasteiger partial charge on any atom is 0.348 e. The number of halogens is 1. The highest BCUT2D eigenvalue weighted by Crippen LogP contribution is 2.41. The van der Waals surface area contributed by atoms with Gasteiger partial charge in [-0.1, -0.05) is 6.07 Å². The average Bonchev–Trinajstić information content (AvgIpc) is 3.38. The fraction of sp³-hybridized carbons (Fsp3) is 0.519. The minimum absolute atomic E-state index is 0.141. The van der Waals surface area contributed by atoms with Crippen molar-refractivity contribution >= 4 is 5.97 Å². The molecule has 4 rings (SSSR count). The molecule has 190 valence electrons. The number of methoxy groups -OCH3 is 2. The molecule has 2 aliphatic rings. The fourth-order valence-electron chi connectivity index (χ4n) is 4.91. The molecule has 2 aromatic rings. The Balaban J connectivity index is 1.75. The Morgan fingerprint density at radius 1 is 1.11 bits per heavy atom. The van der Waals surface area contributed by atoms with Crippen LogP contribution in [-0.2, 0) is 20.7 Å². The third-order valence-corrected chi connectivity index (χ3v) is 7.06. The number of rotatable bonds is 9. The summed E-state index contributed by atoms with van der Waals surface area (Å²) in [7, 11) is 2.98. The Hall–Kier alpha value is -2.84. The Morgan fingerprint density at radius 3 is 2.51 bits per heavy atom. The van der Waals surface area contributed by atoms with Crippen LogP contribution in [0, 0.1) is 18.7 Å². The second kappa shape index (κ2) is 10.8. The number of carbonyl (C=O) groups is 1. The van der Waals surface area contributed by atoms with E-state index in [0.717, 1.165) is 25.0 Å². The first-order valence-corrected chi connectivity index (χ1v) is 12.0. The van der Waals surface area contributed by atoms with Crippen LogP contribution in [0.25, 0.3) is 11.1 Å². The number of hydrogen-bond acceptors (Lipinski definition) is 6. The molecule has 1 N–H and O–H groups in total. The molecule has 0 bridgehead atoms. The van der Waals surface area contributed by atoms with Crippen LogP contribution in [-0.4, -0.2) is 57.3 Å². The molecule has 2 aliphatic heterocycles. The second-order valence-corrected chi connectivity index (χ2v) is 9.20. The topological polar surface area (TPSA) is 83.5 Å². The smallest absolute Gasteiger partial charge is 0.348 e. The number of carboxylic acid groups (broad SMARTS) is 1. The Morgan fingerprint density at radius 2 is 1.89 bits per heavy atom. The Labute approximate surface area is 205 Å². The Bertz CT molecular complexity index is 1060. The highest BCUT2D eigenvalue weighted by atomic mass is 19.1. The highest BCUT2D eigenvalue weighted by molar-refractivity contribution is 5.78. The van der Waals surface area contributed by atoms with E-state index in [9.17, 15) is 9.90 Å². The van der Waals surface area contributed by atoms with Crippen molar-refractivity contribution in [3.05, 3.63) is 41.2 Å². The van der Waals surface area contributed by atoms with Gasteiger partial charge in [0, 0.05) is 37.2 Å². The van der Waals surface area contributed by atoms with E-state index < -0.39 is 17.4 Å². The van der Waals surface area contributed by atoms with Crippen LogP contribution in [0.3, 0.4) is 0 Å². The molecule has 0 radical (unpaired) electrons. The van der Waals surface area contributed by atoms with Gasteiger partial charge in [-0.3, -0.25) is 0 Å². The normalized spacial score (nSPS) is 19.4. The van der Waals surface area contributed by atoms with Gasteiger partial charge in [0.05, 0.1) is 27.4 Å². The highest BCUT2D eigenvalue weighted by Gasteiger charge is 2.43. The zero-order valence-corrected chi connectivity index (χ0v) is 20.5. The number of ether oxygens (including phenoxy) is 5. The predicted molar refractivity (Wildman–Crippen MR) is 128 cm³/mol. The molecule has 2 heterocycles. The van der Waals surface area contributed by atoms with Gasteiger partial charge in [-0.05, 0) is 61.4 Å². The van der Waals surface area contributed by atoms with E-state index in [4.69, 9.17) is 23.7 Å². The SMILES string of the molecule is COc1cc(-c2ccc(OC3(C(=O)O)CCOCC3)cc2CC[C@@H]2CCOC2)c(F)c(OC)c1C. The first kappa shape index (κ1) is 25.3. The monoisotopic (exact) mass is 488 g/mol. The van der Waals surface area contributed by atoms with Crippen LogP contribution in [0.5, 0.6) is 17.2 Å². The van der Waals surface area contributed by atoms with Gasteiger partial charge in [-0.15, -0.1) is 0 Å². The van der Waals surface area contributed by atoms with Crippen molar-refractivity contribution < 1.29 is 38.0 Å². The van der Waals surface area contributed by atoms with E-state index in [-0.39, 0.29) is 18.6 Å². The average molecular weight is 489 g/mol. The molecule has 7 nitrogen and oxygen atoms in total. The summed E-state index contributed by atoms with van der Waals surface area (Å²) in [6, 6.07) is 7.01. The lowest BCUT2D eigenvalue weighted by Crippen LogP contribution is -2.49. The summed E-state index contributed by atoms with van der Waals surface area (Å²) in [5, 5.41) is 9.90. The maximum absolute atomic E-state index is 15.6. The summed E-state index contributed by atoms with van der Waals surface area (Å²) < 4.78 is 43.4. The number of carboxylic acids is 1. The van der Waals surface area contributed by atoms with Gasteiger partial charge in [0.15, 0.2) is 11.6 Å². The quantitative estimate of drug-likeness (QED) is 0.543. The van der Waals surface area contributed by atoms with Crippen molar-refractivity contribution in [2.75, 3.05) is 40.6 Å². The number of hydrogen-bond donors (Lipinski definition) is 1. The molecule has 2 aromatic carbocycles. The molecule has 1 atom stereocenters. The molecule has 0 aromatic heterocycles. The molecule has 0 spiro atoms. The van der Waals surface area contributed by atoms with Gasteiger partial charge in [0.1, 0.15) is 11.5 Å². The molecule has 8 heteroatoms. The van der Waals surface area contributed by atoms with Crippen LogP contribution in [0.1, 0.15) is 36.8 Å². The van der Waals surface area contributed by atoms with E-state index in [1.807, 2.05) is 6.07 Å². The third-order valence-electron chi connectivity index (χ3n) is 7.06. The van der Waals surface area contributed by atoms with Crippen molar-refractivity contribution in [3.8, 4) is 28.4 Å². The lowest BCUT2D eigenvalue weighted by molar-refractivity contribution is -0.163. The van der Waals surface area contributed by atoms with Crippen LogP contribution in [0.4, 0.5) is 4.39 Å². The minimum atomic E-state index is -1.34. The van der Waals surface area contributed by atoms with Crippen LogP contribution in [0.15, 0.2) is 24.3 Å². The first-order chi connectivity index (χ1) is 16.9. The third kappa shape index (κ3) is 5.23. The molecule has 0 saturated carbocycles. The molecular formula is C27H33FO7. The van der Waals surface area contributed by atoms with Crippen molar-refractivity contribution in [2.24, 2.45) is 5.92 Å². The molecule has 35 heavy (non-hydrogen) atoms. The van der Waals surface area contributed by atoms with Crippen LogP contribution < -0.4 is 14.2 Å². The van der Waals surface area contributed by atoms with Gasteiger partial charge < -0.3 is 28.8 Å². The zero-order chi connectivity index (χ0) is 25.0. The van der Waals surface area contributed by atoms with Crippen molar-refractivity contribution in [1.82, 2.24) is 0 Å². The molecule has 2 saturated heterocycles.